The highest BCUT2D eigenvalue weighted by Crippen LogP contribution is 2.37. The van der Waals surface area contributed by atoms with Crippen molar-refractivity contribution in [2.75, 3.05) is 5.32 Å². The van der Waals surface area contributed by atoms with Crippen molar-refractivity contribution in [1.29, 1.82) is 0 Å². The number of para-hydroxylation sites is 1. The minimum Gasteiger partial charge on any atom is -0.381 e. The molecule has 0 spiro atoms. The van der Waals surface area contributed by atoms with Crippen LogP contribution < -0.4 is 10.0 Å². The molecule has 0 bridgehead atoms. The van der Waals surface area contributed by atoms with E-state index in [1.165, 1.54) is 0 Å². The molecule has 1 aromatic carbocycles. The van der Waals surface area contributed by atoms with Gasteiger partial charge in [0, 0.05) is 12.1 Å². The number of sulfonamides is 1. The Labute approximate surface area is 115 Å². The average molecular weight is 282 g/mol. The second-order valence-corrected chi connectivity index (χ2v) is 7.11. The summed E-state index contributed by atoms with van der Waals surface area (Å²) in [7, 11) is -3.44. The smallest absolute Gasteiger partial charge is 0.242 e. The van der Waals surface area contributed by atoms with Gasteiger partial charge in [0.05, 0.1) is 5.69 Å². The minimum atomic E-state index is -3.44. The van der Waals surface area contributed by atoms with Gasteiger partial charge in [-0.3, -0.25) is 0 Å². The molecule has 0 heterocycles. The Balaban J connectivity index is 2.21. The van der Waals surface area contributed by atoms with Crippen LogP contribution >= 0.6 is 0 Å². The molecule has 0 radical (unpaired) electrons. The Morgan fingerprint density at radius 2 is 2.00 bits per heavy atom. The van der Waals surface area contributed by atoms with Crippen LogP contribution in [0.4, 0.5) is 5.69 Å². The van der Waals surface area contributed by atoms with Crippen molar-refractivity contribution in [2.45, 2.75) is 50.6 Å². The number of rotatable bonds is 6. The van der Waals surface area contributed by atoms with Gasteiger partial charge in [-0.05, 0) is 38.3 Å². The summed E-state index contributed by atoms with van der Waals surface area (Å²) in [6, 6.07) is 7.41. The lowest BCUT2D eigenvalue weighted by Gasteiger charge is -2.14. The summed E-state index contributed by atoms with van der Waals surface area (Å²) in [6.45, 7) is 5.80. The zero-order valence-corrected chi connectivity index (χ0v) is 12.5. The van der Waals surface area contributed by atoms with Gasteiger partial charge in [0.2, 0.25) is 10.0 Å². The summed E-state index contributed by atoms with van der Waals surface area (Å²) in [5, 5.41) is 3.35. The lowest BCUT2D eigenvalue weighted by Crippen LogP contribution is -2.30. The summed E-state index contributed by atoms with van der Waals surface area (Å²) < 4.78 is 27.2. The topological polar surface area (TPSA) is 58.2 Å². The third-order valence-corrected chi connectivity index (χ3v) is 5.07. The summed E-state index contributed by atoms with van der Waals surface area (Å²) >= 11 is 0. The monoisotopic (exact) mass is 282 g/mol. The molecule has 2 rings (SSSR count). The Bertz CT molecular complexity index is 540. The molecule has 1 saturated carbocycles. The lowest BCUT2D eigenvalue weighted by atomic mass is 10.3. The normalized spacial score (nSPS) is 22.5. The summed E-state index contributed by atoms with van der Waals surface area (Å²) in [6.07, 6.45) is 2.26. The van der Waals surface area contributed by atoms with Crippen LogP contribution in [-0.4, -0.2) is 20.5 Å². The molecular weight excluding hydrogens is 260 g/mol. The van der Waals surface area contributed by atoms with Crippen LogP contribution in [-0.2, 0) is 10.0 Å². The predicted octanol–water partition coefficient (Wildman–Crippen LogP) is 2.58. The molecule has 0 saturated heterocycles. The van der Waals surface area contributed by atoms with Crippen LogP contribution in [0.2, 0.25) is 0 Å². The van der Waals surface area contributed by atoms with Gasteiger partial charge in [-0.25, -0.2) is 13.1 Å². The van der Waals surface area contributed by atoms with E-state index in [2.05, 4.69) is 17.0 Å². The van der Waals surface area contributed by atoms with Gasteiger partial charge in [-0.1, -0.05) is 25.5 Å². The van der Waals surface area contributed by atoms with Crippen molar-refractivity contribution in [3.8, 4) is 0 Å². The van der Waals surface area contributed by atoms with Crippen molar-refractivity contribution in [2.24, 2.45) is 5.92 Å². The molecular formula is C14H22N2O2S. The second-order valence-electron chi connectivity index (χ2n) is 5.43. The molecule has 0 aliphatic heterocycles. The van der Waals surface area contributed by atoms with E-state index in [0.29, 0.717) is 22.5 Å². The lowest BCUT2D eigenvalue weighted by molar-refractivity contribution is 0.570. The molecule has 0 aromatic heterocycles. The average Bonchev–Trinajstić information content (AvgIpc) is 3.06. The first kappa shape index (κ1) is 14.3. The van der Waals surface area contributed by atoms with E-state index < -0.39 is 10.0 Å². The zero-order chi connectivity index (χ0) is 14.0. The van der Waals surface area contributed by atoms with Crippen molar-refractivity contribution in [1.82, 2.24) is 4.72 Å². The summed E-state index contributed by atoms with van der Waals surface area (Å²) in [5.74, 6) is 0.675. The molecule has 19 heavy (non-hydrogen) atoms. The van der Waals surface area contributed by atoms with Crippen molar-refractivity contribution < 1.29 is 8.42 Å². The van der Waals surface area contributed by atoms with E-state index >= 15 is 0 Å². The Hall–Kier alpha value is -1.07. The van der Waals surface area contributed by atoms with E-state index in [4.69, 9.17) is 0 Å². The van der Waals surface area contributed by atoms with Crippen LogP contribution in [0.25, 0.3) is 0 Å². The van der Waals surface area contributed by atoms with Gasteiger partial charge in [-0.15, -0.1) is 0 Å². The van der Waals surface area contributed by atoms with Gasteiger partial charge >= 0.3 is 0 Å². The van der Waals surface area contributed by atoms with Gasteiger partial charge in [0.25, 0.3) is 0 Å². The zero-order valence-electron chi connectivity index (χ0n) is 11.7. The van der Waals surface area contributed by atoms with Gasteiger partial charge < -0.3 is 5.32 Å². The number of nitrogens with one attached hydrogen (secondary N) is 2. The highest BCUT2D eigenvalue weighted by atomic mass is 32.2. The number of hydrogen-bond acceptors (Lipinski definition) is 3. The molecule has 1 aliphatic rings. The van der Waals surface area contributed by atoms with Crippen LogP contribution in [0.5, 0.6) is 0 Å². The fraction of sp³-hybridized carbons (Fsp3) is 0.571. The molecule has 106 valence electrons. The van der Waals surface area contributed by atoms with E-state index in [9.17, 15) is 8.42 Å². The van der Waals surface area contributed by atoms with Crippen LogP contribution in [0.15, 0.2) is 29.2 Å². The van der Waals surface area contributed by atoms with Crippen LogP contribution in [0.1, 0.15) is 33.6 Å². The molecule has 4 nitrogen and oxygen atoms in total. The first-order valence-electron chi connectivity index (χ1n) is 6.82. The van der Waals surface area contributed by atoms with Crippen molar-refractivity contribution in [3.05, 3.63) is 24.3 Å². The van der Waals surface area contributed by atoms with E-state index in [1.807, 2.05) is 26.0 Å². The summed E-state index contributed by atoms with van der Waals surface area (Å²) in [5.41, 5.74) is 0.705. The first-order valence-corrected chi connectivity index (χ1v) is 8.30. The van der Waals surface area contributed by atoms with E-state index in [0.717, 1.165) is 12.8 Å². The fourth-order valence-electron chi connectivity index (χ4n) is 2.27. The van der Waals surface area contributed by atoms with E-state index in [1.54, 1.807) is 12.1 Å². The SMILES string of the molecule is CCC1CC1Nc1ccccc1S(=O)(=O)NC(C)C. The maximum atomic E-state index is 12.3. The van der Waals surface area contributed by atoms with Gasteiger partial charge in [-0.2, -0.15) is 0 Å². The summed E-state index contributed by atoms with van der Waals surface area (Å²) in [4.78, 5) is 0.338. The molecule has 0 amide bonds. The molecule has 2 unspecified atom stereocenters. The predicted molar refractivity (Wildman–Crippen MR) is 77.7 cm³/mol. The Kier molecular flexibility index (Phi) is 4.16. The Morgan fingerprint density at radius 3 is 2.58 bits per heavy atom. The maximum absolute atomic E-state index is 12.3. The number of anilines is 1. The molecule has 2 N–H and O–H groups in total. The van der Waals surface area contributed by atoms with Gasteiger partial charge in [0.15, 0.2) is 0 Å². The minimum absolute atomic E-state index is 0.109. The highest BCUT2D eigenvalue weighted by molar-refractivity contribution is 7.89. The second kappa shape index (κ2) is 5.51. The third kappa shape index (κ3) is 3.48. The highest BCUT2D eigenvalue weighted by Gasteiger charge is 2.36. The quantitative estimate of drug-likeness (QED) is 0.843. The molecule has 1 aliphatic carbocycles. The Morgan fingerprint density at radius 1 is 1.32 bits per heavy atom. The van der Waals surface area contributed by atoms with Crippen molar-refractivity contribution >= 4 is 15.7 Å². The van der Waals surface area contributed by atoms with E-state index in [-0.39, 0.29) is 6.04 Å². The third-order valence-electron chi connectivity index (χ3n) is 3.36. The molecule has 1 fully saturated rings. The fourth-order valence-corrected chi connectivity index (χ4v) is 3.69. The van der Waals surface area contributed by atoms with Crippen molar-refractivity contribution in [3.63, 3.8) is 0 Å². The maximum Gasteiger partial charge on any atom is 0.242 e. The molecule has 5 heteroatoms. The number of hydrogen-bond donors (Lipinski definition) is 2. The largest absolute Gasteiger partial charge is 0.381 e. The van der Waals surface area contributed by atoms with Crippen LogP contribution in [0, 0.1) is 5.92 Å². The van der Waals surface area contributed by atoms with Gasteiger partial charge in [0.1, 0.15) is 4.90 Å². The number of benzene rings is 1. The standard InChI is InChI=1S/C14H22N2O2S/c1-4-11-9-13(11)15-12-7-5-6-8-14(12)19(17,18)16-10(2)3/h5-8,10-11,13,15-16H,4,9H2,1-3H3. The molecule has 1 aromatic rings. The molecule has 2 atom stereocenters. The first-order chi connectivity index (χ1) is 8.94. The van der Waals surface area contributed by atoms with Crippen LogP contribution in [0.3, 0.4) is 0 Å².